The zero-order chi connectivity index (χ0) is 29.5. The Labute approximate surface area is 245 Å². The molecule has 8 nitrogen and oxygen atoms in total. The van der Waals surface area contributed by atoms with Crippen molar-refractivity contribution < 1.29 is 23.0 Å². The van der Waals surface area contributed by atoms with Crippen LogP contribution in [0.5, 0.6) is 11.8 Å². The van der Waals surface area contributed by atoms with Gasteiger partial charge in [-0.2, -0.15) is 9.97 Å². The average Bonchev–Trinajstić information content (AvgIpc) is 3.77. The van der Waals surface area contributed by atoms with Gasteiger partial charge in [0.05, 0.1) is 16.5 Å². The van der Waals surface area contributed by atoms with E-state index in [1.165, 1.54) is 30.5 Å². The Bertz CT molecular complexity index is 1850. The number of rotatable bonds is 5. The number of nitrogens with zero attached hydrogens (tertiary/aromatic N) is 5. The molecule has 0 saturated carbocycles. The summed E-state index contributed by atoms with van der Waals surface area (Å²) in [4.78, 5) is 18.0. The Kier molecular flexibility index (Phi) is 5.97. The van der Waals surface area contributed by atoms with E-state index < -0.39 is 23.3 Å². The van der Waals surface area contributed by atoms with Gasteiger partial charge in [-0.1, -0.05) is 12.0 Å². The molecule has 4 atom stereocenters. The van der Waals surface area contributed by atoms with Gasteiger partial charge in [0.25, 0.3) is 0 Å². The van der Waals surface area contributed by atoms with Gasteiger partial charge in [0.1, 0.15) is 41.4 Å². The van der Waals surface area contributed by atoms with Gasteiger partial charge in [-0.05, 0) is 49.4 Å². The predicted molar refractivity (Wildman–Crippen MR) is 156 cm³/mol. The molecule has 43 heavy (non-hydrogen) atoms. The number of phenolic OH excluding ortho intramolecular Hbond substituents is 1. The number of phenols is 1. The number of fused-ring (bicyclic) bond motifs is 5. The Morgan fingerprint density at radius 1 is 1.21 bits per heavy atom. The van der Waals surface area contributed by atoms with E-state index in [2.05, 4.69) is 31.0 Å². The first kappa shape index (κ1) is 26.5. The van der Waals surface area contributed by atoms with Crippen molar-refractivity contribution in [3.8, 4) is 35.4 Å². The molecule has 0 radical (unpaired) electrons. The number of nitrogens with one attached hydrogen (secondary N) is 1. The average molecular weight is 587 g/mol. The topological polar surface area (TPSA) is 86.6 Å². The number of aromatic hydroxyl groups is 1. The summed E-state index contributed by atoms with van der Waals surface area (Å²) in [6.07, 6.45) is 9.37. The van der Waals surface area contributed by atoms with Crippen molar-refractivity contribution in [2.75, 3.05) is 37.7 Å². The first-order valence-electron chi connectivity index (χ1n) is 14.6. The third kappa shape index (κ3) is 4.11. The van der Waals surface area contributed by atoms with E-state index >= 15 is 4.39 Å². The molecule has 2 bridgehead atoms. The number of ether oxygens (including phenoxy) is 1. The maximum absolute atomic E-state index is 16.7. The maximum Gasteiger partial charge on any atom is 0.319 e. The molecule has 4 aliphatic rings. The molecule has 0 unspecified atom stereocenters. The predicted octanol–water partition coefficient (Wildman–Crippen LogP) is 4.32. The smallest absolute Gasteiger partial charge is 0.319 e. The number of halogens is 3. The number of piperazine rings is 1. The molecule has 0 amide bonds. The molecule has 4 aromatic rings. The second kappa shape index (κ2) is 9.69. The molecule has 220 valence electrons. The van der Waals surface area contributed by atoms with Crippen LogP contribution in [-0.2, 0) is 0 Å². The maximum atomic E-state index is 16.7. The Morgan fingerprint density at radius 2 is 2.09 bits per heavy atom. The summed E-state index contributed by atoms with van der Waals surface area (Å²) in [5.41, 5.74) is -0.467. The first-order chi connectivity index (χ1) is 20.8. The molecular formula is C32H29F3N6O2. The largest absolute Gasteiger partial charge is 0.508 e. The van der Waals surface area contributed by atoms with E-state index in [-0.39, 0.29) is 52.1 Å². The SMILES string of the molecule is C#Cc1c(F)ccc2cc(O)cc(-c3ncc4c(N5C[C@H]6C[C@@H]5CN6)nc(OC[C@@]56CCCN5C[C@H](F)C6)nc4c3F)c12. The second-order valence-corrected chi connectivity index (χ2v) is 12.2. The normalized spacial score (nSPS) is 26.5. The molecule has 4 saturated heterocycles. The van der Waals surface area contributed by atoms with Gasteiger partial charge < -0.3 is 20.1 Å². The zero-order valence-corrected chi connectivity index (χ0v) is 23.3. The van der Waals surface area contributed by atoms with Gasteiger partial charge in [-0.15, -0.1) is 6.42 Å². The van der Waals surface area contributed by atoms with Crippen molar-refractivity contribution in [3.63, 3.8) is 0 Å². The van der Waals surface area contributed by atoms with Crippen LogP contribution in [-0.4, -0.2) is 81.5 Å². The third-order valence-electron chi connectivity index (χ3n) is 9.65. The molecule has 2 aromatic carbocycles. The van der Waals surface area contributed by atoms with E-state index in [9.17, 15) is 13.9 Å². The molecular weight excluding hydrogens is 557 g/mol. The minimum atomic E-state index is -0.912. The number of alkyl halides is 1. The van der Waals surface area contributed by atoms with Crippen LogP contribution in [0, 0.1) is 24.0 Å². The number of aromatic nitrogens is 3. The number of hydrogen-bond acceptors (Lipinski definition) is 8. The standard InChI is InChI=1S/C32H29F3N6O2/c1-2-22-25(34)5-4-17-8-21(42)10-23(26(17)22)28-27(35)29-24(13-37-28)30(41-15-19-9-20(41)12-36-19)39-31(38-29)43-16-32-6-3-7-40(32)14-18(33)11-32/h1,4-5,8,10,13,18-20,36,42H,3,6-7,9,11-12,14-16H2/t18-,19-,20-,32+/m1/s1. The summed E-state index contributed by atoms with van der Waals surface area (Å²) in [6, 6.07) is 5.96. The van der Waals surface area contributed by atoms with Crippen LogP contribution in [0.1, 0.15) is 31.2 Å². The summed E-state index contributed by atoms with van der Waals surface area (Å²) < 4.78 is 52.0. The van der Waals surface area contributed by atoms with E-state index in [0.29, 0.717) is 42.1 Å². The van der Waals surface area contributed by atoms with Crippen molar-refractivity contribution in [2.45, 2.75) is 49.5 Å². The van der Waals surface area contributed by atoms with Crippen LogP contribution >= 0.6 is 0 Å². The van der Waals surface area contributed by atoms with Crippen LogP contribution < -0.4 is 15.0 Å². The van der Waals surface area contributed by atoms with Crippen LogP contribution in [0.25, 0.3) is 32.9 Å². The molecule has 8 rings (SSSR count). The van der Waals surface area contributed by atoms with Crippen LogP contribution in [0.3, 0.4) is 0 Å². The van der Waals surface area contributed by atoms with Crippen LogP contribution in [0.15, 0.2) is 30.5 Å². The molecule has 6 heterocycles. The van der Waals surface area contributed by atoms with Gasteiger partial charge in [0.15, 0.2) is 5.82 Å². The summed E-state index contributed by atoms with van der Waals surface area (Å²) in [5.74, 6) is 1.35. The van der Waals surface area contributed by atoms with E-state index in [1.54, 1.807) is 0 Å². The lowest BCUT2D eigenvalue weighted by atomic mass is 9.95. The Morgan fingerprint density at radius 3 is 2.88 bits per heavy atom. The fourth-order valence-electron chi connectivity index (χ4n) is 7.71. The van der Waals surface area contributed by atoms with Gasteiger partial charge >= 0.3 is 6.01 Å². The number of benzene rings is 2. The lowest BCUT2D eigenvalue weighted by molar-refractivity contribution is 0.107. The first-order valence-corrected chi connectivity index (χ1v) is 14.6. The molecule has 2 N–H and O–H groups in total. The van der Waals surface area contributed by atoms with Gasteiger partial charge in [0.2, 0.25) is 0 Å². The van der Waals surface area contributed by atoms with Crippen molar-refractivity contribution in [3.05, 3.63) is 47.7 Å². The van der Waals surface area contributed by atoms with Gasteiger partial charge in [0, 0.05) is 55.3 Å². The lowest BCUT2D eigenvalue weighted by Crippen LogP contribution is -2.44. The van der Waals surface area contributed by atoms with Crippen LogP contribution in [0.2, 0.25) is 0 Å². The van der Waals surface area contributed by atoms with E-state index in [4.69, 9.17) is 16.1 Å². The van der Waals surface area contributed by atoms with Crippen LogP contribution in [0.4, 0.5) is 19.0 Å². The number of pyridine rings is 1. The quantitative estimate of drug-likeness (QED) is 0.335. The number of hydrogen-bond donors (Lipinski definition) is 2. The molecule has 4 fully saturated rings. The highest BCUT2D eigenvalue weighted by atomic mass is 19.1. The Balaban J connectivity index is 1.28. The molecule has 2 aromatic heterocycles. The molecule has 0 spiro atoms. The highest BCUT2D eigenvalue weighted by Gasteiger charge is 2.49. The van der Waals surface area contributed by atoms with Crippen molar-refractivity contribution in [1.82, 2.24) is 25.2 Å². The highest BCUT2D eigenvalue weighted by Crippen LogP contribution is 2.42. The summed E-state index contributed by atoms with van der Waals surface area (Å²) >= 11 is 0. The second-order valence-electron chi connectivity index (χ2n) is 12.2. The fourth-order valence-corrected chi connectivity index (χ4v) is 7.71. The zero-order valence-electron chi connectivity index (χ0n) is 23.3. The third-order valence-corrected chi connectivity index (χ3v) is 9.65. The molecule has 0 aliphatic carbocycles. The minimum Gasteiger partial charge on any atom is -0.508 e. The van der Waals surface area contributed by atoms with Gasteiger partial charge in [-0.25, -0.2) is 13.2 Å². The van der Waals surface area contributed by atoms with Crippen molar-refractivity contribution in [1.29, 1.82) is 0 Å². The highest BCUT2D eigenvalue weighted by molar-refractivity contribution is 6.03. The van der Waals surface area contributed by atoms with Crippen molar-refractivity contribution in [2.24, 2.45) is 0 Å². The number of terminal acetylenes is 1. The number of anilines is 1. The summed E-state index contributed by atoms with van der Waals surface area (Å²) in [7, 11) is 0. The summed E-state index contributed by atoms with van der Waals surface area (Å²) in [6.45, 7) is 2.89. The molecule has 4 aliphatic heterocycles. The fraction of sp³-hybridized carbons (Fsp3) is 0.406. The lowest BCUT2D eigenvalue weighted by Gasteiger charge is -2.32. The van der Waals surface area contributed by atoms with E-state index in [0.717, 1.165) is 32.4 Å². The Hall–Kier alpha value is -4.14. The van der Waals surface area contributed by atoms with E-state index in [1.807, 2.05) is 0 Å². The molecule has 11 heteroatoms. The monoisotopic (exact) mass is 586 g/mol. The minimum absolute atomic E-state index is 0.00791. The van der Waals surface area contributed by atoms with Crippen molar-refractivity contribution >= 4 is 27.5 Å². The van der Waals surface area contributed by atoms with Gasteiger partial charge in [-0.3, -0.25) is 9.88 Å². The summed E-state index contributed by atoms with van der Waals surface area (Å²) in [5, 5.41) is 15.1.